The van der Waals surface area contributed by atoms with Gasteiger partial charge in [0.05, 0.1) is 12.2 Å². The first-order valence-electron chi connectivity index (χ1n) is 9.79. The maximum absolute atomic E-state index is 10.5. The molecule has 0 radical (unpaired) electrons. The van der Waals surface area contributed by atoms with Gasteiger partial charge in [0.2, 0.25) is 0 Å². The number of carboxylic acid groups (broad SMARTS) is 1. The van der Waals surface area contributed by atoms with Crippen molar-refractivity contribution in [3.63, 3.8) is 0 Å². The van der Waals surface area contributed by atoms with Crippen molar-refractivity contribution >= 4 is 5.97 Å². The number of carboxylic acids is 1. The van der Waals surface area contributed by atoms with Gasteiger partial charge in [0.25, 0.3) is 0 Å². The summed E-state index contributed by atoms with van der Waals surface area (Å²) in [6, 6.07) is 0. The topological polar surface area (TPSA) is 77.8 Å². The summed E-state index contributed by atoms with van der Waals surface area (Å²) in [5.41, 5.74) is 0. The summed E-state index contributed by atoms with van der Waals surface area (Å²) in [5.74, 6) is 0.134. The lowest BCUT2D eigenvalue weighted by molar-refractivity contribution is -0.137. The zero-order chi connectivity index (χ0) is 17.8. The van der Waals surface area contributed by atoms with E-state index < -0.39 is 5.97 Å². The molecular formula is C20H36O4. The van der Waals surface area contributed by atoms with Crippen molar-refractivity contribution in [3.05, 3.63) is 12.2 Å². The van der Waals surface area contributed by atoms with E-state index in [4.69, 9.17) is 5.11 Å². The predicted molar refractivity (Wildman–Crippen MR) is 96.8 cm³/mol. The van der Waals surface area contributed by atoms with Crippen molar-refractivity contribution < 1.29 is 20.1 Å². The first kappa shape index (κ1) is 21.2. The molecule has 1 fully saturated rings. The lowest BCUT2D eigenvalue weighted by atomic mass is 9.88. The van der Waals surface area contributed by atoms with Crippen molar-refractivity contribution in [2.24, 2.45) is 11.8 Å². The van der Waals surface area contributed by atoms with Crippen LogP contribution < -0.4 is 0 Å². The van der Waals surface area contributed by atoms with E-state index in [9.17, 15) is 15.0 Å². The Bertz CT molecular complexity index is 367. The van der Waals surface area contributed by atoms with Gasteiger partial charge in [-0.05, 0) is 63.2 Å². The van der Waals surface area contributed by atoms with E-state index in [1.54, 1.807) is 0 Å². The highest BCUT2D eigenvalue weighted by Gasteiger charge is 2.32. The van der Waals surface area contributed by atoms with Crippen LogP contribution >= 0.6 is 0 Å². The second-order valence-electron chi connectivity index (χ2n) is 7.24. The zero-order valence-electron chi connectivity index (χ0n) is 15.2. The van der Waals surface area contributed by atoms with E-state index in [0.717, 1.165) is 70.6 Å². The molecule has 2 unspecified atom stereocenters. The lowest BCUT2D eigenvalue weighted by Gasteiger charge is -2.19. The van der Waals surface area contributed by atoms with Gasteiger partial charge in [-0.1, -0.05) is 38.3 Å². The van der Waals surface area contributed by atoms with E-state index in [0.29, 0.717) is 11.8 Å². The third-order valence-corrected chi connectivity index (χ3v) is 5.28. The Morgan fingerprint density at radius 2 is 1.92 bits per heavy atom. The number of rotatable bonds is 13. The van der Waals surface area contributed by atoms with Gasteiger partial charge in [0.15, 0.2) is 0 Å². The highest BCUT2D eigenvalue weighted by molar-refractivity contribution is 5.66. The van der Waals surface area contributed by atoms with Crippen LogP contribution in [-0.4, -0.2) is 33.5 Å². The molecule has 0 amide bonds. The monoisotopic (exact) mass is 340 g/mol. The van der Waals surface area contributed by atoms with Gasteiger partial charge in [-0.15, -0.1) is 0 Å². The van der Waals surface area contributed by atoms with Gasteiger partial charge >= 0.3 is 5.97 Å². The number of allylic oxidation sites excluding steroid dienone is 2. The molecule has 0 aliphatic heterocycles. The minimum atomic E-state index is -0.710. The van der Waals surface area contributed by atoms with Gasteiger partial charge < -0.3 is 15.3 Å². The molecular weight excluding hydrogens is 304 g/mol. The largest absolute Gasteiger partial charge is 0.481 e. The Morgan fingerprint density at radius 3 is 2.62 bits per heavy atom. The molecule has 4 nitrogen and oxygen atoms in total. The smallest absolute Gasteiger partial charge is 0.303 e. The Kier molecular flexibility index (Phi) is 11.0. The quantitative estimate of drug-likeness (QED) is 0.345. The highest BCUT2D eigenvalue weighted by atomic mass is 16.4. The number of hydrogen-bond donors (Lipinski definition) is 3. The van der Waals surface area contributed by atoms with Crippen molar-refractivity contribution in [1.29, 1.82) is 0 Å². The van der Waals surface area contributed by atoms with Crippen LogP contribution in [0.2, 0.25) is 0 Å². The van der Waals surface area contributed by atoms with Crippen LogP contribution in [0.1, 0.15) is 84.0 Å². The summed E-state index contributed by atoms with van der Waals surface area (Å²) in [4.78, 5) is 10.5. The minimum Gasteiger partial charge on any atom is -0.481 e. The second kappa shape index (κ2) is 12.5. The molecule has 0 saturated heterocycles. The molecule has 1 saturated carbocycles. The lowest BCUT2D eigenvalue weighted by Crippen LogP contribution is -2.18. The van der Waals surface area contributed by atoms with Gasteiger partial charge in [-0.2, -0.15) is 0 Å². The van der Waals surface area contributed by atoms with E-state index in [1.165, 1.54) is 0 Å². The Labute approximate surface area is 147 Å². The number of carbonyl (C=O) groups is 1. The van der Waals surface area contributed by atoms with Gasteiger partial charge in [-0.25, -0.2) is 0 Å². The molecule has 0 spiro atoms. The molecule has 0 bridgehead atoms. The maximum atomic E-state index is 10.5. The summed E-state index contributed by atoms with van der Waals surface area (Å²) in [7, 11) is 0. The maximum Gasteiger partial charge on any atom is 0.303 e. The van der Waals surface area contributed by atoms with Crippen LogP contribution in [0.15, 0.2) is 12.2 Å². The summed E-state index contributed by atoms with van der Waals surface area (Å²) in [6.45, 7) is 2.01. The second-order valence-corrected chi connectivity index (χ2v) is 7.24. The minimum absolute atomic E-state index is 0.166. The number of hydrogen-bond acceptors (Lipinski definition) is 3. The third kappa shape index (κ3) is 8.84. The molecule has 4 atom stereocenters. The van der Waals surface area contributed by atoms with Crippen LogP contribution in [0.25, 0.3) is 0 Å². The number of aliphatic hydroxyl groups excluding tert-OH is 2. The van der Waals surface area contributed by atoms with Gasteiger partial charge in [-0.3, -0.25) is 4.79 Å². The summed E-state index contributed by atoms with van der Waals surface area (Å²) < 4.78 is 0. The number of aliphatic hydroxyl groups is 2. The van der Waals surface area contributed by atoms with E-state index in [2.05, 4.69) is 12.2 Å². The van der Waals surface area contributed by atoms with E-state index in [-0.39, 0.29) is 18.6 Å². The van der Waals surface area contributed by atoms with Gasteiger partial charge in [0.1, 0.15) is 0 Å². The molecule has 0 aromatic heterocycles. The summed E-state index contributed by atoms with van der Waals surface area (Å²) in [6.07, 6.45) is 15.0. The molecule has 24 heavy (non-hydrogen) atoms. The highest BCUT2D eigenvalue weighted by Crippen LogP contribution is 2.36. The Hall–Kier alpha value is -0.870. The number of aliphatic carboxylic acids is 1. The molecule has 1 aliphatic carbocycles. The Morgan fingerprint density at radius 1 is 1.17 bits per heavy atom. The third-order valence-electron chi connectivity index (χ3n) is 5.28. The standard InChI is InChI=1S/C20H36O4/c1-2-17(21)11-7-5-6-10-16-14-15-19(22)18(16)12-8-3-4-9-13-20(23)24/h6,10,16-19,21-22H,2-5,7-9,11-15H2,1H3,(H,23,24)/b10-6+/t16-,17?,18+,19?/m0/s1. The summed E-state index contributed by atoms with van der Waals surface area (Å²) >= 11 is 0. The Balaban J connectivity index is 2.20. The van der Waals surface area contributed by atoms with Crippen molar-refractivity contribution in [2.45, 2.75) is 96.2 Å². The van der Waals surface area contributed by atoms with Crippen LogP contribution in [0.5, 0.6) is 0 Å². The van der Waals surface area contributed by atoms with Crippen molar-refractivity contribution in [2.75, 3.05) is 0 Å². The molecule has 0 aromatic carbocycles. The fourth-order valence-electron chi connectivity index (χ4n) is 3.68. The van der Waals surface area contributed by atoms with Crippen LogP contribution in [0.3, 0.4) is 0 Å². The first-order chi connectivity index (χ1) is 11.5. The molecule has 4 heteroatoms. The molecule has 0 aromatic rings. The SMILES string of the molecule is CCC(O)CCC/C=C/[C@H]1CCC(O)[C@@H]1CCCCCCC(=O)O. The van der Waals surface area contributed by atoms with Crippen LogP contribution in [0, 0.1) is 11.8 Å². The van der Waals surface area contributed by atoms with Crippen molar-refractivity contribution in [3.8, 4) is 0 Å². The van der Waals surface area contributed by atoms with Crippen molar-refractivity contribution in [1.82, 2.24) is 0 Å². The van der Waals surface area contributed by atoms with Crippen LogP contribution in [-0.2, 0) is 4.79 Å². The van der Waals surface area contributed by atoms with Crippen LogP contribution in [0.4, 0.5) is 0 Å². The zero-order valence-corrected chi connectivity index (χ0v) is 15.2. The molecule has 0 heterocycles. The average molecular weight is 341 g/mol. The van der Waals surface area contributed by atoms with E-state index >= 15 is 0 Å². The summed E-state index contributed by atoms with van der Waals surface area (Å²) in [5, 5.41) is 28.4. The van der Waals surface area contributed by atoms with Gasteiger partial charge in [0, 0.05) is 6.42 Å². The fraction of sp³-hybridized carbons (Fsp3) is 0.850. The number of unbranched alkanes of at least 4 members (excludes halogenated alkanes) is 4. The molecule has 3 N–H and O–H groups in total. The first-order valence-corrected chi connectivity index (χ1v) is 9.79. The van der Waals surface area contributed by atoms with E-state index in [1.807, 2.05) is 6.92 Å². The fourth-order valence-corrected chi connectivity index (χ4v) is 3.68. The molecule has 140 valence electrons. The normalized spacial score (nSPS) is 25.4. The average Bonchev–Trinajstić information content (AvgIpc) is 2.90. The molecule has 1 aliphatic rings. The predicted octanol–water partition coefficient (Wildman–Crippen LogP) is 4.30. The molecule has 1 rings (SSSR count).